The van der Waals surface area contributed by atoms with Crippen LogP contribution in [-0.2, 0) is 6.54 Å². The minimum absolute atomic E-state index is 0.248. The van der Waals surface area contributed by atoms with Crippen LogP contribution in [0.2, 0.25) is 0 Å². The Balaban J connectivity index is 1.67. The van der Waals surface area contributed by atoms with Gasteiger partial charge in [0.25, 0.3) is 5.91 Å². The first-order valence-corrected chi connectivity index (χ1v) is 8.22. The van der Waals surface area contributed by atoms with Gasteiger partial charge < -0.3 is 15.4 Å². The predicted octanol–water partition coefficient (Wildman–Crippen LogP) is 3.47. The van der Waals surface area contributed by atoms with Crippen molar-refractivity contribution in [1.29, 1.82) is 0 Å². The largest absolute Gasteiger partial charge is 0.497 e. The highest BCUT2D eigenvalue weighted by Gasteiger charge is 2.09. The number of hydrogen-bond acceptors (Lipinski definition) is 5. The molecule has 0 saturated heterocycles. The first-order chi connectivity index (χ1) is 12.6. The van der Waals surface area contributed by atoms with Gasteiger partial charge in [0.1, 0.15) is 11.4 Å². The van der Waals surface area contributed by atoms with Crippen molar-refractivity contribution in [3.8, 4) is 5.75 Å². The van der Waals surface area contributed by atoms with Crippen LogP contribution in [0.5, 0.6) is 5.75 Å². The number of carbonyl (C=O) groups is 1. The third-order valence-corrected chi connectivity index (χ3v) is 3.75. The molecule has 6 heteroatoms. The molecule has 132 valence electrons. The quantitative estimate of drug-likeness (QED) is 0.713. The average Bonchev–Trinajstić information content (AvgIpc) is 2.66. The predicted molar refractivity (Wildman–Crippen MR) is 101 cm³/mol. The molecule has 0 saturated carbocycles. The van der Waals surface area contributed by atoms with E-state index < -0.39 is 0 Å². The van der Waals surface area contributed by atoms with Gasteiger partial charge in [0, 0.05) is 24.5 Å². The second-order valence-electron chi connectivity index (χ2n) is 5.79. The minimum Gasteiger partial charge on any atom is -0.497 e. The van der Waals surface area contributed by atoms with E-state index in [0.717, 1.165) is 22.6 Å². The first-order valence-electron chi connectivity index (χ1n) is 8.22. The first kappa shape index (κ1) is 17.4. The summed E-state index contributed by atoms with van der Waals surface area (Å²) in [5, 5.41) is 5.95. The van der Waals surface area contributed by atoms with Crippen LogP contribution in [0.4, 0.5) is 11.6 Å². The van der Waals surface area contributed by atoms with Crippen LogP contribution in [0, 0.1) is 6.92 Å². The van der Waals surface area contributed by atoms with Gasteiger partial charge in [-0.3, -0.25) is 4.79 Å². The van der Waals surface area contributed by atoms with Crippen molar-refractivity contribution in [2.45, 2.75) is 13.5 Å². The monoisotopic (exact) mass is 348 g/mol. The maximum absolute atomic E-state index is 12.4. The summed E-state index contributed by atoms with van der Waals surface area (Å²) in [6, 6.07) is 17.0. The zero-order valence-electron chi connectivity index (χ0n) is 14.7. The van der Waals surface area contributed by atoms with Gasteiger partial charge in [0.15, 0.2) is 0 Å². The van der Waals surface area contributed by atoms with Crippen LogP contribution in [0.1, 0.15) is 21.6 Å². The van der Waals surface area contributed by atoms with E-state index in [2.05, 4.69) is 20.6 Å². The lowest BCUT2D eigenvalue weighted by molar-refractivity contribution is 0.0946. The Labute approximate surface area is 152 Å². The van der Waals surface area contributed by atoms with Gasteiger partial charge in [0.2, 0.25) is 5.95 Å². The van der Waals surface area contributed by atoms with Crippen molar-refractivity contribution in [3.05, 3.63) is 77.6 Å². The second-order valence-corrected chi connectivity index (χ2v) is 5.79. The Kier molecular flexibility index (Phi) is 5.43. The Morgan fingerprint density at radius 2 is 1.96 bits per heavy atom. The number of anilines is 2. The van der Waals surface area contributed by atoms with E-state index >= 15 is 0 Å². The minimum atomic E-state index is -0.248. The van der Waals surface area contributed by atoms with Gasteiger partial charge in [-0.1, -0.05) is 35.9 Å². The molecular weight excluding hydrogens is 328 g/mol. The van der Waals surface area contributed by atoms with E-state index in [-0.39, 0.29) is 5.91 Å². The standard InChI is InChI=1S/C20H20N4O2/c1-14-5-3-6-15(11-14)13-22-19(25)18-9-10-21-20(24-18)23-16-7-4-8-17(12-16)26-2/h3-12H,13H2,1-2H3,(H,22,25)(H,21,23,24). The van der Waals surface area contributed by atoms with Crippen molar-refractivity contribution in [2.24, 2.45) is 0 Å². The molecule has 6 nitrogen and oxygen atoms in total. The molecule has 0 bridgehead atoms. The summed E-state index contributed by atoms with van der Waals surface area (Å²) >= 11 is 0. The van der Waals surface area contributed by atoms with E-state index in [1.807, 2.05) is 55.5 Å². The zero-order chi connectivity index (χ0) is 18.4. The fraction of sp³-hybridized carbons (Fsp3) is 0.150. The van der Waals surface area contributed by atoms with Gasteiger partial charge >= 0.3 is 0 Å². The topological polar surface area (TPSA) is 76.1 Å². The second kappa shape index (κ2) is 8.11. The van der Waals surface area contributed by atoms with Crippen molar-refractivity contribution >= 4 is 17.5 Å². The average molecular weight is 348 g/mol. The molecule has 0 radical (unpaired) electrons. The Bertz CT molecular complexity index is 912. The summed E-state index contributed by atoms with van der Waals surface area (Å²) in [4.78, 5) is 20.8. The molecule has 0 aliphatic rings. The number of hydrogen-bond donors (Lipinski definition) is 2. The number of carbonyl (C=O) groups excluding carboxylic acids is 1. The van der Waals surface area contributed by atoms with Crippen LogP contribution < -0.4 is 15.4 Å². The maximum atomic E-state index is 12.4. The van der Waals surface area contributed by atoms with Crippen LogP contribution in [-0.4, -0.2) is 23.0 Å². The van der Waals surface area contributed by atoms with Gasteiger partial charge in [0.05, 0.1) is 7.11 Å². The fourth-order valence-corrected chi connectivity index (χ4v) is 2.47. The molecule has 3 aromatic rings. The molecule has 1 heterocycles. The van der Waals surface area contributed by atoms with Crippen molar-refractivity contribution in [1.82, 2.24) is 15.3 Å². The molecule has 0 atom stereocenters. The molecule has 3 rings (SSSR count). The van der Waals surface area contributed by atoms with Gasteiger partial charge in [-0.2, -0.15) is 0 Å². The number of amides is 1. The molecule has 1 amide bonds. The molecule has 26 heavy (non-hydrogen) atoms. The lowest BCUT2D eigenvalue weighted by Gasteiger charge is -2.09. The summed E-state index contributed by atoms with van der Waals surface area (Å²) in [6.07, 6.45) is 1.55. The van der Waals surface area contributed by atoms with Gasteiger partial charge in [-0.25, -0.2) is 9.97 Å². The Hall–Kier alpha value is -3.41. The molecule has 0 unspecified atom stereocenters. The molecule has 0 aliphatic heterocycles. The zero-order valence-corrected chi connectivity index (χ0v) is 14.7. The maximum Gasteiger partial charge on any atom is 0.270 e. The number of methoxy groups -OCH3 is 1. The number of ether oxygens (including phenoxy) is 1. The highest BCUT2D eigenvalue weighted by atomic mass is 16.5. The van der Waals surface area contributed by atoms with Crippen LogP contribution in [0.25, 0.3) is 0 Å². The van der Waals surface area contributed by atoms with Gasteiger partial charge in [-0.05, 0) is 30.7 Å². The van der Waals surface area contributed by atoms with Crippen LogP contribution in [0.3, 0.4) is 0 Å². The summed E-state index contributed by atoms with van der Waals surface area (Å²) < 4.78 is 5.19. The number of benzene rings is 2. The SMILES string of the molecule is COc1cccc(Nc2nccc(C(=O)NCc3cccc(C)c3)n2)c1. The normalized spacial score (nSPS) is 10.2. The Morgan fingerprint density at radius 1 is 1.12 bits per heavy atom. The van der Waals surface area contributed by atoms with Crippen LogP contribution in [0.15, 0.2) is 60.8 Å². The summed E-state index contributed by atoms with van der Waals surface area (Å²) in [5.41, 5.74) is 3.28. The lowest BCUT2D eigenvalue weighted by atomic mass is 10.1. The third-order valence-electron chi connectivity index (χ3n) is 3.75. The van der Waals surface area contributed by atoms with Gasteiger partial charge in [-0.15, -0.1) is 0 Å². The Morgan fingerprint density at radius 3 is 2.77 bits per heavy atom. The number of rotatable bonds is 6. The molecule has 0 fully saturated rings. The summed E-state index contributed by atoms with van der Waals surface area (Å²) in [6.45, 7) is 2.47. The van der Waals surface area contributed by atoms with E-state index in [1.165, 1.54) is 0 Å². The molecule has 1 aromatic heterocycles. The summed E-state index contributed by atoms with van der Waals surface area (Å²) in [5.74, 6) is 0.825. The summed E-state index contributed by atoms with van der Waals surface area (Å²) in [7, 11) is 1.61. The van der Waals surface area contributed by atoms with Crippen molar-refractivity contribution < 1.29 is 9.53 Å². The molecule has 0 spiro atoms. The lowest BCUT2D eigenvalue weighted by Crippen LogP contribution is -2.24. The highest BCUT2D eigenvalue weighted by Crippen LogP contribution is 2.19. The number of aryl methyl sites for hydroxylation is 1. The molecular formula is C20H20N4O2. The van der Waals surface area contributed by atoms with E-state index in [9.17, 15) is 4.79 Å². The van der Waals surface area contributed by atoms with E-state index in [0.29, 0.717) is 18.2 Å². The smallest absolute Gasteiger partial charge is 0.270 e. The third kappa shape index (κ3) is 4.57. The number of aromatic nitrogens is 2. The fourth-order valence-electron chi connectivity index (χ4n) is 2.47. The van der Waals surface area contributed by atoms with E-state index in [1.54, 1.807) is 19.4 Å². The molecule has 0 aliphatic carbocycles. The van der Waals surface area contributed by atoms with E-state index in [4.69, 9.17) is 4.74 Å². The van der Waals surface area contributed by atoms with Crippen molar-refractivity contribution in [3.63, 3.8) is 0 Å². The molecule has 2 aromatic carbocycles. The number of nitrogens with one attached hydrogen (secondary N) is 2. The highest BCUT2D eigenvalue weighted by molar-refractivity contribution is 5.92. The number of nitrogens with zero attached hydrogens (tertiary/aromatic N) is 2. The van der Waals surface area contributed by atoms with Crippen molar-refractivity contribution in [2.75, 3.05) is 12.4 Å². The van der Waals surface area contributed by atoms with Crippen LogP contribution >= 0.6 is 0 Å². The molecule has 2 N–H and O–H groups in total.